The Kier molecular flexibility index (Phi) is 22.5. The fourth-order valence-corrected chi connectivity index (χ4v) is 5.70. The normalized spacial score (nSPS) is 11.8. The predicted molar refractivity (Wildman–Crippen MR) is 160 cm³/mol. The Morgan fingerprint density at radius 1 is 0.595 bits per heavy atom. The third-order valence-electron chi connectivity index (χ3n) is 7.52. The van der Waals surface area contributed by atoms with Crippen LogP contribution in [0.15, 0.2) is 29.2 Å². The van der Waals surface area contributed by atoms with Crippen molar-refractivity contribution in [2.24, 2.45) is 0 Å². The second kappa shape index (κ2) is 23.0. The Hall–Kier alpha value is -0.910. The molecule has 1 aromatic rings. The molecule has 0 radical (unpaired) electrons. The molecule has 0 aromatic heterocycles. The second-order valence-corrected chi connectivity index (χ2v) is 12.7. The van der Waals surface area contributed by atoms with Gasteiger partial charge in [-0.15, -0.1) is 0 Å². The maximum Gasteiger partial charge on any atom is 0.124 e. The van der Waals surface area contributed by atoms with E-state index in [1.54, 1.807) is 19.1 Å². The van der Waals surface area contributed by atoms with Crippen LogP contribution in [0.5, 0.6) is 0 Å². The van der Waals surface area contributed by atoms with Crippen LogP contribution in [0, 0.1) is 6.92 Å². The van der Waals surface area contributed by atoms with E-state index < -0.39 is 10.1 Å². The number of unbranched alkanes of at least 4 members (excludes halogenated alkanes) is 15. The molecule has 0 aliphatic rings. The molecule has 5 heteroatoms. The molecular formula is C32H61NO3S. The van der Waals surface area contributed by atoms with Crippen LogP contribution in [0.1, 0.15) is 142 Å². The molecule has 0 fully saturated rings. The van der Waals surface area contributed by atoms with Gasteiger partial charge in [0.15, 0.2) is 0 Å². The van der Waals surface area contributed by atoms with Gasteiger partial charge in [-0.25, -0.2) is 8.42 Å². The van der Waals surface area contributed by atoms with E-state index in [2.05, 4.69) is 27.8 Å². The predicted octanol–water partition coefficient (Wildman–Crippen LogP) is 9.41. The number of nitrogens with zero attached hydrogens (tertiary/aromatic N) is 1. The number of aryl methyl sites for hydroxylation is 1. The highest BCUT2D eigenvalue weighted by Crippen LogP contribution is 2.16. The molecule has 0 saturated carbocycles. The molecule has 37 heavy (non-hydrogen) atoms. The highest BCUT2D eigenvalue weighted by molar-refractivity contribution is 7.85. The molecule has 0 N–H and O–H groups in total. The summed E-state index contributed by atoms with van der Waals surface area (Å²) in [5.41, 5.74) is 0.488. The van der Waals surface area contributed by atoms with Gasteiger partial charge in [0.2, 0.25) is 0 Å². The number of quaternary nitrogens is 1. The fourth-order valence-electron chi connectivity index (χ4n) is 4.99. The SMILES string of the molecule is CCCCCCCC[N+](C)(CCCCCCCC)CCCCCCCC.Cc1ccccc1S(=O)(=O)[O-]. The summed E-state index contributed by atoms with van der Waals surface area (Å²) in [5, 5.41) is 0. The summed E-state index contributed by atoms with van der Waals surface area (Å²) in [6.07, 6.45) is 25.9. The van der Waals surface area contributed by atoms with Crippen molar-refractivity contribution in [2.75, 3.05) is 26.7 Å². The Balaban J connectivity index is 0.000000970. The Bertz CT molecular complexity index is 707. The minimum atomic E-state index is -4.28. The largest absolute Gasteiger partial charge is 0.744 e. The van der Waals surface area contributed by atoms with Gasteiger partial charge in [0.05, 0.1) is 31.6 Å². The lowest BCUT2D eigenvalue weighted by atomic mass is 10.1. The third-order valence-corrected chi connectivity index (χ3v) is 8.51. The van der Waals surface area contributed by atoms with Gasteiger partial charge in [-0.1, -0.05) is 116 Å². The first-order chi connectivity index (χ1) is 17.7. The molecule has 0 saturated heterocycles. The lowest BCUT2D eigenvalue weighted by molar-refractivity contribution is -0.910. The van der Waals surface area contributed by atoms with E-state index >= 15 is 0 Å². The van der Waals surface area contributed by atoms with E-state index in [0.29, 0.717) is 5.56 Å². The zero-order chi connectivity index (χ0) is 27.8. The minimum Gasteiger partial charge on any atom is -0.744 e. The Morgan fingerprint density at radius 3 is 1.22 bits per heavy atom. The number of hydrogen-bond acceptors (Lipinski definition) is 3. The molecule has 0 spiro atoms. The second-order valence-electron chi connectivity index (χ2n) is 11.3. The lowest BCUT2D eigenvalue weighted by Gasteiger charge is -2.35. The van der Waals surface area contributed by atoms with Crippen LogP contribution in [0.4, 0.5) is 0 Å². The first-order valence-electron chi connectivity index (χ1n) is 15.5. The van der Waals surface area contributed by atoms with Crippen molar-refractivity contribution in [1.82, 2.24) is 0 Å². The summed E-state index contributed by atoms with van der Waals surface area (Å²) in [6.45, 7) is 12.8. The summed E-state index contributed by atoms with van der Waals surface area (Å²) < 4.78 is 32.9. The van der Waals surface area contributed by atoms with Gasteiger partial charge in [-0.2, -0.15) is 0 Å². The van der Waals surface area contributed by atoms with Gasteiger partial charge >= 0.3 is 0 Å². The van der Waals surface area contributed by atoms with Crippen molar-refractivity contribution in [1.29, 1.82) is 0 Å². The standard InChI is InChI=1S/C25H54N.C7H8O3S/c1-5-8-11-14-17-20-23-26(4,24-21-18-15-12-9-6-2)25-22-19-16-13-10-7-3;1-6-4-2-3-5-7(6)11(8,9)10/h5-25H2,1-4H3;2-5H,1H3,(H,8,9,10)/q+1;/p-1. The molecule has 218 valence electrons. The summed E-state index contributed by atoms with van der Waals surface area (Å²) in [5.74, 6) is 0. The first kappa shape index (κ1) is 36.1. The van der Waals surface area contributed by atoms with Gasteiger partial charge in [0, 0.05) is 0 Å². The van der Waals surface area contributed by atoms with E-state index in [-0.39, 0.29) is 4.90 Å². The fraction of sp³-hybridized carbons (Fsp3) is 0.812. The molecule has 0 bridgehead atoms. The zero-order valence-corrected chi connectivity index (χ0v) is 26.1. The molecule has 0 heterocycles. The maximum absolute atomic E-state index is 10.5. The van der Waals surface area contributed by atoms with Crippen molar-refractivity contribution in [2.45, 2.75) is 148 Å². The van der Waals surface area contributed by atoms with Crippen LogP contribution < -0.4 is 0 Å². The number of benzene rings is 1. The smallest absolute Gasteiger partial charge is 0.124 e. The van der Waals surface area contributed by atoms with Gasteiger partial charge in [-0.05, 0) is 57.1 Å². The van der Waals surface area contributed by atoms with Crippen molar-refractivity contribution in [3.05, 3.63) is 29.8 Å². The Labute approximate surface area is 232 Å². The topological polar surface area (TPSA) is 57.2 Å². The van der Waals surface area contributed by atoms with E-state index in [9.17, 15) is 13.0 Å². The van der Waals surface area contributed by atoms with Gasteiger partial charge < -0.3 is 9.04 Å². The molecule has 0 amide bonds. The summed E-state index contributed by atoms with van der Waals surface area (Å²) in [6, 6.07) is 6.10. The van der Waals surface area contributed by atoms with E-state index in [1.807, 2.05) is 0 Å². The van der Waals surface area contributed by atoms with Crippen LogP contribution in [0.3, 0.4) is 0 Å². The van der Waals surface area contributed by atoms with Crippen LogP contribution in [-0.4, -0.2) is 44.1 Å². The van der Waals surface area contributed by atoms with Crippen LogP contribution in [0.25, 0.3) is 0 Å². The summed E-state index contributed by atoms with van der Waals surface area (Å²) >= 11 is 0. The minimum absolute atomic E-state index is 0.139. The average molecular weight is 540 g/mol. The average Bonchev–Trinajstić information content (AvgIpc) is 2.86. The highest BCUT2D eigenvalue weighted by Gasteiger charge is 2.20. The van der Waals surface area contributed by atoms with Crippen LogP contribution >= 0.6 is 0 Å². The van der Waals surface area contributed by atoms with E-state index in [4.69, 9.17) is 0 Å². The van der Waals surface area contributed by atoms with Crippen molar-refractivity contribution < 1.29 is 17.5 Å². The molecule has 4 nitrogen and oxygen atoms in total. The highest BCUT2D eigenvalue weighted by atomic mass is 32.2. The summed E-state index contributed by atoms with van der Waals surface area (Å²) in [4.78, 5) is -0.139. The van der Waals surface area contributed by atoms with E-state index in [1.165, 1.54) is 152 Å². The van der Waals surface area contributed by atoms with Gasteiger partial charge in [0.1, 0.15) is 10.1 Å². The zero-order valence-electron chi connectivity index (χ0n) is 25.2. The number of hydrogen-bond donors (Lipinski definition) is 0. The molecule has 0 atom stereocenters. The molecular weight excluding hydrogens is 478 g/mol. The molecule has 0 unspecified atom stereocenters. The Morgan fingerprint density at radius 2 is 0.919 bits per heavy atom. The quantitative estimate of drug-likeness (QED) is 0.0837. The van der Waals surface area contributed by atoms with Crippen LogP contribution in [0.2, 0.25) is 0 Å². The molecule has 0 aliphatic carbocycles. The first-order valence-corrected chi connectivity index (χ1v) is 17.0. The van der Waals surface area contributed by atoms with Crippen molar-refractivity contribution >= 4 is 10.1 Å². The number of rotatable bonds is 22. The van der Waals surface area contributed by atoms with E-state index in [0.717, 1.165) is 0 Å². The van der Waals surface area contributed by atoms with Crippen molar-refractivity contribution in [3.8, 4) is 0 Å². The lowest BCUT2D eigenvalue weighted by Crippen LogP contribution is -2.46. The van der Waals surface area contributed by atoms with Crippen molar-refractivity contribution in [3.63, 3.8) is 0 Å². The maximum atomic E-state index is 10.5. The summed E-state index contributed by atoms with van der Waals surface area (Å²) in [7, 11) is -1.72. The third kappa shape index (κ3) is 20.7. The molecule has 1 aromatic carbocycles. The van der Waals surface area contributed by atoms with Gasteiger partial charge in [-0.3, -0.25) is 0 Å². The van der Waals surface area contributed by atoms with Crippen LogP contribution in [-0.2, 0) is 10.1 Å². The molecule has 1 rings (SSSR count). The molecule has 0 aliphatic heterocycles. The van der Waals surface area contributed by atoms with Gasteiger partial charge in [0.25, 0.3) is 0 Å². The monoisotopic (exact) mass is 539 g/mol.